The maximum Gasteiger partial charge on any atom is 0.236 e. The summed E-state index contributed by atoms with van der Waals surface area (Å²) < 4.78 is 7.32. The third-order valence-corrected chi connectivity index (χ3v) is 4.16. The number of aryl methyl sites for hydroxylation is 1. The Morgan fingerprint density at radius 1 is 1.33 bits per heavy atom. The first-order chi connectivity index (χ1) is 11.3. The van der Waals surface area contributed by atoms with Gasteiger partial charge in [-0.2, -0.15) is 5.10 Å². The van der Waals surface area contributed by atoms with Crippen LogP contribution in [0.25, 0.3) is 10.8 Å². The summed E-state index contributed by atoms with van der Waals surface area (Å²) in [4.78, 5) is 9.69. The lowest BCUT2D eigenvalue weighted by Crippen LogP contribution is -2.36. The predicted molar refractivity (Wildman–Crippen MR) is 105 cm³/mol. The molecule has 9 heteroatoms. The van der Waals surface area contributed by atoms with Crippen molar-refractivity contribution in [2.75, 3.05) is 7.05 Å². The fraction of sp³-hybridized carbons (Fsp3) is 0.267. The zero-order valence-corrected chi connectivity index (χ0v) is 16.5. The van der Waals surface area contributed by atoms with Crippen molar-refractivity contribution in [3.8, 4) is 10.8 Å². The van der Waals surface area contributed by atoms with E-state index in [1.807, 2.05) is 35.3 Å². The van der Waals surface area contributed by atoms with Crippen LogP contribution in [0.15, 0.2) is 45.4 Å². The van der Waals surface area contributed by atoms with E-state index in [2.05, 4.69) is 25.7 Å². The van der Waals surface area contributed by atoms with Crippen LogP contribution in [0.4, 0.5) is 0 Å². The summed E-state index contributed by atoms with van der Waals surface area (Å²) in [5.41, 5.74) is 1.91. The van der Waals surface area contributed by atoms with Gasteiger partial charge in [-0.05, 0) is 17.5 Å². The second kappa shape index (κ2) is 8.83. The maximum atomic E-state index is 5.50. The van der Waals surface area contributed by atoms with Crippen molar-refractivity contribution < 1.29 is 4.42 Å². The number of rotatable bonds is 5. The first kappa shape index (κ1) is 18.5. The molecule has 0 atom stereocenters. The molecule has 2 N–H and O–H groups in total. The molecule has 0 saturated carbocycles. The molecule has 3 aromatic heterocycles. The molecule has 0 amide bonds. The van der Waals surface area contributed by atoms with Crippen molar-refractivity contribution in [2.45, 2.75) is 13.1 Å². The SMILES string of the molecule is CN=C(NCc1coc(-c2cccs2)n1)NCc1ccnn1C.I. The molecule has 0 spiro atoms. The molecule has 0 fully saturated rings. The fourth-order valence-electron chi connectivity index (χ4n) is 2.05. The number of guanidine groups is 1. The lowest BCUT2D eigenvalue weighted by molar-refractivity contribution is 0.573. The highest BCUT2D eigenvalue weighted by Gasteiger charge is 2.08. The van der Waals surface area contributed by atoms with Gasteiger partial charge >= 0.3 is 0 Å². The first-order valence-electron chi connectivity index (χ1n) is 7.16. The second-order valence-electron chi connectivity index (χ2n) is 4.85. The molecular formula is C15H19IN6OS. The molecule has 0 saturated heterocycles. The number of aromatic nitrogens is 3. The average molecular weight is 458 g/mol. The Labute approximate surface area is 161 Å². The van der Waals surface area contributed by atoms with Gasteiger partial charge in [-0.3, -0.25) is 9.67 Å². The zero-order valence-electron chi connectivity index (χ0n) is 13.4. The summed E-state index contributed by atoms with van der Waals surface area (Å²) in [7, 11) is 3.65. The Balaban J connectivity index is 0.00000208. The third-order valence-electron chi connectivity index (χ3n) is 3.30. The molecule has 0 bridgehead atoms. The van der Waals surface area contributed by atoms with Crippen LogP contribution in [0.3, 0.4) is 0 Å². The van der Waals surface area contributed by atoms with E-state index in [-0.39, 0.29) is 24.0 Å². The largest absolute Gasteiger partial charge is 0.443 e. The molecule has 0 aliphatic carbocycles. The van der Waals surface area contributed by atoms with Crippen LogP contribution in [0.1, 0.15) is 11.4 Å². The summed E-state index contributed by atoms with van der Waals surface area (Å²) in [6.45, 7) is 1.19. The number of aliphatic imine (C=N–C) groups is 1. The van der Waals surface area contributed by atoms with Crippen LogP contribution >= 0.6 is 35.3 Å². The molecule has 3 rings (SSSR count). The maximum absolute atomic E-state index is 5.50. The minimum Gasteiger partial charge on any atom is -0.443 e. The highest BCUT2D eigenvalue weighted by atomic mass is 127. The third kappa shape index (κ3) is 4.57. The number of thiophene rings is 1. The molecule has 24 heavy (non-hydrogen) atoms. The van der Waals surface area contributed by atoms with E-state index in [0.717, 1.165) is 16.3 Å². The monoisotopic (exact) mass is 458 g/mol. The van der Waals surface area contributed by atoms with Crippen LogP contribution in [0.2, 0.25) is 0 Å². The van der Waals surface area contributed by atoms with Gasteiger partial charge in [0.25, 0.3) is 0 Å². The number of halogens is 1. The summed E-state index contributed by atoms with van der Waals surface area (Å²) in [6.07, 6.45) is 3.44. The summed E-state index contributed by atoms with van der Waals surface area (Å²) in [5, 5.41) is 12.6. The van der Waals surface area contributed by atoms with Crippen LogP contribution in [-0.2, 0) is 20.1 Å². The smallest absolute Gasteiger partial charge is 0.236 e. The molecule has 7 nitrogen and oxygen atoms in total. The number of hydrogen-bond acceptors (Lipinski definition) is 5. The van der Waals surface area contributed by atoms with E-state index >= 15 is 0 Å². The summed E-state index contributed by atoms with van der Waals surface area (Å²) in [6, 6.07) is 5.93. The Morgan fingerprint density at radius 2 is 2.17 bits per heavy atom. The fourth-order valence-corrected chi connectivity index (χ4v) is 2.70. The Bertz CT molecular complexity index is 780. The number of oxazole rings is 1. The number of hydrogen-bond donors (Lipinski definition) is 2. The van der Waals surface area contributed by atoms with E-state index < -0.39 is 0 Å². The average Bonchev–Trinajstić information content (AvgIpc) is 3.28. The summed E-state index contributed by atoms with van der Waals surface area (Å²) >= 11 is 1.61. The van der Waals surface area contributed by atoms with Crippen molar-refractivity contribution in [2.24, 2.45) is 12.0 Å². The second-order valence-corrected chi connectivity index (χ2v) is 5.79. The van der Waals surface area contributed by atoms with Gasteiger partial charge in [-0.15, -0.1) is 35.3 Å². The quantitative estimate of drug-likeness (QED) is 0.349. The van der Waals surface area contributed by atoms with Crippen LogP contribution in [-0.4, -0.2) is 27.8 Å². The molecule has 0 radical (unpaired) electrons. The number of nitrogens with one attached hydrogen (secondary N) is 2. The van der Waals surface area contributed by atoms with Crippen molar-refractivity contribution >= 4 is 41.3 Å². The van der Waals surface area contributed by atoms with Crippen molar-refractivity contribution in [3.63, 3.8) is 0 Å². The minimum absolute atomic E-state index is 0. The van der Waals surface area contributed by atoms with Crippen molar-refractivity contribution in [3.05, 3.63) is 47.4 Å². The summed E-state index contributed by atoms with van der Waals surface area (Å²) in [5.74, 6) is 1.35. The van der Waals surface area contributed by atoms with Gasteiger partial charge in [-0.25, -0.2) is 4.98 Å². The van der Waals surface area contributed by atoms with E-state index in [0.29, 0.717) is 24.9 Å². The van der Waals surface area contributed by atoms with Gasteiger partial charge in [0.05, 0.1) is 29.4 Å². The van der Waals surface area contributed by atoms with E-state index in [1.165, 1.54) is 0 Å². The zero-order chi connectivity index (χ0) is 16.1. The topological polar surface area (TPSA) is 80.3 Å². The molecule has 128 valence electrons. The van der Waals surface area contributed by atoms with Gasteiger partial charge in [-0.1, -0.05) is 6.07 Å². The number of nitrogens with zero attached hydrogens (tertiary/aromatic N) is 4. The molecule has 3 heterocycles. The first-order valence-corrected chi connectivity index (χ1v) is 8.04. The lowest BCUT2D eigenvalue weighted by atomic mass is 10.4. The van der Waals surface area contributed by atoms with Crippen LogP contribution in [0.5, 0.6) is 0 Å². The molecule has 0 unspecified atom stereocenters. The van der Waals surface area contributed by atoms with E-state index in [9.17, 15) is 0 Å². The predicted octanol–water partition coefficient (Wildman–Crippen LogP) is 2.62. The van der Waals surface area contributed by atoms with E-state index in [4.69, 9.17) is 4.42 Å². The molecular weight excluding hydrogens is 439 g/mol. The van der Waals surface area contributed by atoms with Crippen molar-refractivity contribution in [1.29, 1.82) is 0 Å². The Morgan fingerprint density at radius 3 is 2.83 bits per heavy atom. The highest BCUT2D eigenvalue weighted by molar-refractivity contribution is 14.0. The van der Waals surface area contributed by atoms with Gasteiger partial charge in [0, 0.05) is 20.3 Å². The van der Waals surface area contributed by atoms with Crippen LogP contribution < -0.4 is 10.6 Å². The Hall–Kier alpha value is -1.88. The lowest BCUT2D eigenvalue weighted by Gasteiger charge is -2.10. The molecule has 0 aromatic carbocycles. The van der Waals surface area contributed by atoms with E-state index in [1.54, 1.807) is 30.8 Å². The normalized spacial score (nSPS) is 11.2. The molecule has 0 aliphatic heterocycles. The van der Waals surface area contributed by atoms with Gasteiger partial charge in [0.15, 0.2) is 5.96 Å². The molecule has 0 aliphatic rings. The van der Waals surface area contributed by atoms with Gasteiger partial charge in [0.1, 0.15) is 6.26 Å². The molecule has 3 aromatic rings. The standard InChI is InChI=1S/C15H18N6OS.HI/c1-16-15(18-9-12-5-6-19-21(12)2)17-8-11-10-22-14(20-11)13-4-3-7-23-13;/h3-7,10H,8-9H2,1-2H3,(H2,16,17,18);1H. The Kier molecular flexibility index (Phi) is 6.79. The van der Waals surface area contributed by atoms with Crippen LogP contribution in [0, 0.1) is 0 Å². The van der Waals surface area contributed by atoms with Gasteiger partial charge in [0.2, 0.25) is 5.89 Å². The minimum atomic E-state index is 0. The highest BCUT2D eigenvalue weighted by Crippen LogP contribution is 2.23. The van der Waals surface area contributed by atoms with Crippen molar-refractivity contribution in [1.82, 2.24) is 25.4 Å². The van der Waals surface area contributed by atoms with Gasteiger partial charge < -0.3 is 15.1 Å².